The van der Waals surface area contributed by atoms with Crippen molar-refractivity contribution in [2.75, 3.05) is 41.8 Å². The van der Waals surface area contributed by atoms with Crippen LogP contribution in [0.5, 0.6) is 5.75 Å². The number of benzene rings is 2. The number of ketones is 1. The minimum absolute atomic E-state index is 0.0620. The number of anilines is 4. The van der Waals surface area contributed by atoms with Crippen LogP contribution in [0, 0.1) is 0 Å². The molecule has 2 N–H and O–H groups in total. The summed E-state index contributed by atoms with van der Waals surface area (Å²) in [5, 5.41) is 6.57. The first kappa shape index (κ1) is 22.3. The second-order valence-corrected chi connectivity index (χ2v) is 9.51. The maximum absolute atomic E-state index is 12.9. The smallest absolute Gasteiger partial charge is 0.253 e. The number of amides is 1. The third-order valence-electron chi connectivity index (χ3n) is 6.83. The Morgan fingerprint density at radius 2 is 1.92 bits per heavy atom. The Labute approximate surface area is 209 Å². The van der Waals surface area contributed by atoms with Crippen LogP contribution < -0.4 is 20.3 Å². The zero-order valence-corrected chi connectivity index (χ0v) is 20.1. The number of hydrogen-bond donors (Lipinski definition) is 2. The number of carbonyl (C=O) groups excluding carboxylic acids is 2. The number of ether oxygens (including phenoxy) is 1. The Morgan fingerprint density at radius 3 is 2.69 bits per heavy atom. The van der Waals surface area contributed by atoms with E-state index in [4.69, 9.17) is 4.74 Å². The minimum Gasteiger partial charge on any atom is -0.489 e. The molecule has 1 aliphatic carbocycles. The fourth-order valence-corrected chi connectivity index (χ4v) is 4.75. The molecule has 2 aliphatic heterocycles. The van der Waals surface area contributed by atoms with Gasteiger partial charge < -0.3 is 25.2 Å². The van der Waals surface area contributed by atoms with Crippen molar-refractivity contribution in [3.05, 3.63) is 65.9 Å². The summed E-state index contributed by atoms with van der Waals surface area (Å²) < 4.78 is 6.12. The van der Waals surface area contributed by atoms with Gasteiger partial charge in [0.1, 0.15) is 18.2 Å². The third-order valence-corrected chi connectivity index (χ3v) is 6.83. The van der Waals surface area contributed by atoms with E-state index in [9.17, 15) is 9.59 Å². The van der Waals surface area contributed by atoms with Crippen LogP contribution in [0.2, 0.25) is 0 Å². The van der Waals surface area contributed by atoms with Crippen LogP contribution in [0.25, 0.3) is 0 Å². The van der Waals surface area contributed by atoms with Gasteiger partial charge in [-0.2, -0.15) is 4.98 Å². The van der Waals surface area contributed by atoms with E-state index in [-0.39, 0.29) is 17.7 Å². The van der Waals surface area contributed by atoms with Crippen LogP contribution in [0.15, 0.2) is 54.7 Å². The highest BCUT2D eigenvalue weighted by Crippen LogP contribution is 2.38. The molecule has 2 fully saturated rings. The summed E-state index contributed by atoms with van der Waals surface area (Å²) in [6, 6.07) is 15.9. The fraction of sp³-hybridized carbons (Fsp3) is 0.333. The van der Waals surface area contributed by atoms with E-state index in [2.05, 4.69) is 25.5 Å². The topological polar surface area (TPSA) is 99.7 Å². The predicted octanol–water partition coefficient (Wildman–Crippen LogP) is 3.72. The first-order valence-corrected chi connectivity index (χ1v) is 12.3. The summed E-state index contributed by atoms with van der Waals surface area (Å²) in [6.45, 7) is 4.07. The molecule has 2 aromatic carbocycles. The van der Waals surface area contributed by atoms with Gasteiger partial charge in [-0.25, -0.2) is 4.98 Å². The molecule has 0 radical (unpaired) electrons. The number of Topliss-reactive ketones (excluding diaryl/α,β-unsaturated/α-hetero) is 1. The molecule has 3 aromatic rings. The second kappa shape index (κ2) is 9.14. The molecule has 0 bridgehead atoms. The lowest BCUT2D eigenvalue weighted by atomic mass is 10.1. The molecule has 0 spiro atoms. The molecule has 3 aliphatic rings. The van der Waals surface area contributed by atoms with E-state index < -0.39 is 0 Å². The number of fused-ring (bicyclic) bond motifs is 3. The number of piperazine rings is 1. The highest BCUT2D eigenvalue weighted by atomic mass is 16.5. The van der Waals surface area contributed by atoms with Gasteiger partial charge in [-0.15, -0.1) is 0 Å². The molecule has 1 aromatic heterocycles. The number of aromatic nitrogens is 2. The zero-order valence-electron chi connectivity index (χ0n) is 20.1. The fourth-order valence-electron chi connectivity index (χ4n) is 4.75. The lowest BCUT2D eigenvalue weighted by Gasteiger charge is -2.45. The van der Waals surface area contributed by atoms with Crippen LogP contribution in [-0.2, 0) is 0 Å². The van der Waals surface area contributed by atoms with Crippen molar-refractivity contribution in [2.45, 2.75) is 31.8 Å². The molecule has 184 valence electrons. The lowest BCUT2D eigenvalue weighted by Crippen LogP contribution is -2.58. The Morgan fingerprint density at radius 1 is 1.08 bits per heavy atom. The molecule has 9 nitrogen and oxygen atoms in total. The van der Waals surface area contributed by atoms with Crippen molar-refractivity contribution in [1.82, 2.24) is 14.9 Å². The molecule has 1 amide bonds. The van der Waals surface area contributed by atoms with E-state index >= 15 is 0 Å². The van der Waals surface area contributed by atoms with Crippen molar-refractivity contribution in [3.8, 4) is 5.75 Å². The normalized spacial score (nSPS) is 18.5. The standard InChI is InChI=1S/C27H28N6O3/c1-17(34)22-14-28-27(31-25(22)29-19-7-8-19)30-20-9-10-23-24(13-20)36-16-21-15-32(11-12-33(21)23)26(35)18-5-3-2-4-6-18/h2-6,9-10,13-14,19,21H,7-8,11-12,15-16H2,1H3,(H2,28,29,30,31). The Balaban J connectivity index is 1.16. The molecular weight excluding hydrogens is 456 g/mol. The Hall–Kier alpha value is -4.14. The lowest BCUT2D eigenvalue weighted by molar-refractivity contribution is 0.0696. The van der Waals surface area contributed by atoms with Crippen LogP contribution in [0.4, 0.5) is 23.1 Å². The monoisotopic (exact) mass is 484 g/mol. The first-order chi connectivity index (χ1) is 17.5. The van der Waals surface area contributed by atoms with E-state index in [1.54, 1.807) is 6.20 Å². The van der Waals surface area contributed by atoms with Crippen molar-refractivity contribution < 1.29 is 14.3 Å². The maximum Gasteiger partial charge on any atom is 0.253 e. The van der Waals surface area contributed by atoms with Gasteiger partial charge in [0.2, 0.25) is 5.95 Å². The third kappa shape index (κ3) is 4.44. The number of nitrogens with one attached hydrogen (secondary N) is 2. The number of nitrogens with zero attached hydrogens (tertiary/aromatic N) is 4. The Kier molecular flexibility index (Phi) is 5.67. The number of hydrogen-bond acceptors (Lipinski definition) is 8. The summed E-state index contributed by atoms with van der Waals surface area (Å²) in [7, 11) is 0. The number of rotatable bonds is 6. The van der Waals surface area contributed by atoms with Gasteiger partial charge >= 0.3 is 0 Å². The molecule has 6 rings (SSSR count). The summed E-state index contributed by atoms with van der Waals surface area (Å²) in [5.41, 5.74) is 3.04. The quantitative estimate of drug-likeness (QED) is 0.511. The van der Waals surface area contributed by atoms with Gasteiger partial charge in [0.05, 0.1) is 17.3 Å². The number of carbonyl (C=O) groups is 2. The van der Waals surface area contributed by atoms with Gasteiger partial charge in [-0.3, -0.25) is 9.59 Å². The zero-order chi connectivity index (χ0) is 24.6. The molecule has 1 atom stereocenters. The van der Waals surface area contributed by atoms with Crippen LogP contribution in [0.3, 0.4) is 0 Å². The molecule has 36 heavy (non-hydrogen) atoms. The Bertz CT molecular complexity index is 1310. The van der Waals surface area contributed by atoms with Crippen molar-refractivity contribution in [3.63, 3.8) is 0 Å². The summed E-state index contributed by atoms with van der Waals surface area (Å²) in [5.74, 6) is 1.78. The van der Waals surface area contributed by atoms with E-state index in [0.29, 0.717) is 48.6 Å². The van der Waals surface area contributed by atoms with Crippen molar-refractivity contribution >= 4 is 34.8 Å². The largest absolute Gasteiger partial charge is 0.489 e. The molecule has 1 unspecified atom stereocenters. The van der Waals surface area contributed by atoms with E-state index in [0.717, 1.165) is 36.5 Å². The van der Waals surface area contributed by atoms with Crippen LogP contribution in [-0.4, -0.2) is 64.9 Å². The highest BCUT2D eigenvalue weighted by Gasteiger charge is 2.35. The highest BCUT2D eigenvalue weighted by molar-refractivity contribution is 5.98. The van der Waals surface area contributed by atoms with Crippen LogP contribution in [0.1, 0.15) is 40.5 Å². The summed E-state index contributed by atoms with van der Waals surface area (Å²) in [6.07, 6.45) is 3.74. The van der Waals surface area contributed by atoms with E-state index in [1.807, 2.05) is 53.4 Å². The molecule has 3 heterocycles. The van der Waals surface area contributed by atoms with Crippen LogP contribution >= 0.6 is 0 Å². The molecule has 9 heteroatoms. The maximum atomic E-state index is 12.9. The summed E-state index contributed by atoms with van der Waals surface area (Å²) in [4.78, 5) is 38.0. The molecule has 1 saturated heterocycles. The van der Waals surface area contributed by atoms with Gasteiger partial charge in [-0.05, 0) is 44.0 Å². The average molecular weight is 485 g/mol. The molecular formula is C27H28N6O3. The molecule has 1 saturated carbocycles. The van der Waals surface area contributed by atoms with Crippen molar-refractivity contribution in [2.24, 2.45) is 0 Å². The van der Waals surface area contributed by atoms with Gasteiger partial charge in [0, 0.05) is 49.2 Å². The first-order valence-electron chi connectivity index (χ1n) is 12.3. The summed E-state index contributed by atoms with van der Waals surface area (Å²) >= 11 is 0. The predicted molar refractivity (Wildman–Crippen MR) is 137 cm³/mol. The van der Waals surface area contributed by atoms with Gasteiger partial charge in [0.15, 0.2) is 5.78 Å². The minimum atomic E-state index is -0.0630. The average Bonchev–Trinajstić information content (AvgIpc) is 3.72. The second-order valence-electron chi connectivity index (χ2n) is 9.51. The van der Waals surface area contributed by atoms with Gasteiger partial charge in [0.25, 0.3) is 5.91 Å². The SMILES string of the molecule is CC(=O)c1cnc(Nc2ccc3c(c2)OCC2CN(C(=O)c4ccccc4)CCN32)nc1NC1CC1. The van der Waals surface area contributed by atoms with E-state index in [1.165, 1.54) is 6.92 Å². The van der Waals surface area contributed by atoms with Gasteiger partial charge in [-0.1, -0.05) is 18.2 Å². The van der Waals surface area contributed by atoms with Crippen molar-refractivity contribution in [1.29, 1.82) is 0 Å².